The molecular weight excluding hydrogens is 383 g/mol. The lowest BCUT2D eigenvalue weighted by Crippen LogP contribution is -2.39. The topological polar surface area (TPSA) is 49.8 Å². The first-order valence-corrected chi connectivity index (χ1v) is 8.56. The van der Waals surface area contributed by atoms with Gasteiger partial charge < -0.3 is 14.7 Å². The molecule has 144 valence electrons. The number of likely N-dealkylation sites (tertiary alicyclic amines) is 1. The highest BCUT2D eigenvalue weighted by Crippen LogP contribution is 2.37. The minimum atomic E-state index is -3.94. The maximum absolute atomic E-state index is 14.2. The van der Waals surface area contributed by atoms with Gasteiger partial charge in [-0.2, -0.15) is 8.78 Å². The third-order valence-electron chi connectivity index (χ3n) is 4.65. The molecule has 0 aliphatic carbocycles. The van der Waals surface area contributed by atoms with Crippen molar-refractivity contribution in [1.82, 2.24) is 4.90 Å². The third kappa shape index (κ3) is 3.61. The summed E-state index contributed by atoms with van der Waals surface area (Å²) in [5.74, 6) is -5.60. The van der Waals surface area contributed by atoms with Crippen molar-refractivity contribution in [2.45, 2.75) is 31.0 Å². The molecular formula is C19H17ClF3NO3. The lowest BCUT2D eigenvalue weighted by atomic mass is 10.00. The molecule has 2 unspecified atom stereocenters. The van der Waals surface area contributed by atoms with E-state index < -0.39 is 29.8 Å². The van der Waals surface area contributed by atoms with Crippen LogP contribution in [0.5, 0.6) is 5.75 Å². The van der Waals surface area contributed by atoms with Crippen LogP contribution in [0.4, 0.5) is 13.2 Å². The minimum absolute atomic E-state index is 0.0526. The van der Waals surface area contributed by atoms with Crippen LogP contribution >= 0.6 is 11.6 Å². The number of hydrogen-bond donors (Lipinski definition) is 1. The third-order valence-corrected chi connectivity index (χ3v) is 4.95. The number of halogens is 4. The van der Waals surface area contributed by atoms with Gasteiger partial charge in [0, 0.05) is 6.54 Å². The van der Waals surface area contributed by atoms with E-state index in [4.69, 9.17) is 16.3 Å². The highest BCUT2D eigenvalue weighted by Gasteiger charge is 2.61. The van der Waals surface area contributed by atoms with Crippen molar-refractivity contribution in [1.29, 1.82) is 0 Å². The van der Waals surface area contributed by atoms with Crippen molar-refractivity contribution < 1.29 is 27.8 Å². The van der Waals surface area contributed by atoms with Crippen LogP contribution < -0.4 is 4.74 Å². The van der Waals surface area contributed by atoms with Crippen molar-refractivity contribution in [2.24, 2.45) is 0 Å². The average molecular weight is 400 g/mol. The van der Waals surface area contributed by atoms with Gasteiger partial charge in [0.25, 0.3) is 5.91 Å². The van der Waals surface area contributed by atoms with Crippen LogP contribution in [0.25, 0.3) is 0 Å². The molecule has 1 amide bonds. The molecule has 2 aromatic carbocycles. The van der Waals surface area contributed by atoms with Crippen LogP contribution in [0, 0.1) is 5.82 Å². The van der Waals surface area contributed by atoms with Gasteiger partial charge in [0.05, 0.1) is 18.2 Å². The summed E-state index contributed by atoms with van der Waals surface area (Å²) in [6.45, 7) is -0.150. The van der Waals surface area contributed by atoms with Crippen LogP contribution in [0.3, 0.4) is 0 Å². The molecule has 0 bridgehead atoms. The highest BCUT2D eigenvalue weighted by molar-refractivity contribution is 6.30. The van der Waals surface area contributed by atoms with Crippen molar-refractivity contribution in [3.63, 3.8) is 0 Å². The van der Waals surface area contributed by atoms with Gasteiger partial charge >= 0.3 is 5.92 Å². The average Bonchev–Trinajstić information content (AvgIpc) is 2.81. The molecule has 1 saturated heterocycles. The molecule has 0 saturated carbocycles. The van der Waals surface area contributed by atoms with Gasteiger partial charge in [-0.1, -0.05) is 35.9 Å². The first-order chi connectivity index (χ1) is 12.8. The second-order valence-corrected chi connectivity index (χ2v) is 6.74. The zero-order chi connectivity index (χ0) is 19.8. The molecule has 0 spiro atoms. The summed E-state index contributed by atoms with van der Waals surface area (Å²) in [5, 5.41) is 9.90. The molecule has 0 aromatic heterocycles. The first kappa shape index (κ1) is 19.5. The molecule has 1 aliphatic heterocycles. The predicted molar refractivity (Wildman–Crippen MR) is 93.4 cm³/mol. The Morgan fingerprint density at radius 1 is 1.22 bits per heavy atom. The highest BCUT2D eigenvalue weighted by atomic mass is 35.5. The van der Waals surface area contributed by atoms with E-state index in [0.717, 1.165) is 4.90 Å². The maximum atomic E-state index is 14.2. The van der Waals surface area contributed by atoms with Crippen LogP contribution in [-0.2, 0) is 17.8 Å². The zero-order valence-corrected chi connectivity index (χ0v) is 15.1. The Morgan fingerprint density at radius 2 is 1.89 bits per heavy atom. The number of aliphatic hydroxyl groups excluding tert-OH is 1. The number of ether oxygens (including phenoxy) is 1. The first-order valence-electron chi connectivity index (χ1n) is 8.18. The largest absolute Gasteiger partial charge is 0.497 e. The quantitative estimate of drug-likeness (QED) is 0.838. The van der Waals surface area contributed by atoms with Gasteiger partial charge in [-0.15, -0.1) is 0 Å². The molecule has 1 heterocycles. The van der Waals surface area contributed by atoms with Gasteiger partial charge in [0.2, 0.25) is 0 Å². The monoisotopic (exact) mass is 399 g/mol. The summed E-state index contributed by atoms with van der Waals surface area (Å²) in [4.78, 5) is 13.1. The number of nitrogens with zero attached hydrogens (tertiary/aromatic N) is 1. The fourth-order valence-electron chi connectivity index (χ4n) is 3.15. The van der Waals surface area contributed by atoms with E-state index in [1.807, 2.05) is 0 Å². The normalized spacial score (nSPS) is 21.6. The predicted octanol–water partition coefficient (Wildman–Crippen LogP) is 3.44. The molecule has 27 heavy (non-hydrogen) atoms. The Morgan fingerprint density at radius 3 is 2.52 bits per heavy atom. The van der Waals surface area contributed by atoms with Gasteiger partial charge in [-0.05, 0) is 35.7 Å². The molecule has 2 aromatic rings. The number of carbonyl (C=O) groups excluding carboxylic acids is 1. The minimum Gasteiger partial charge on any atom is -0.497 e. The van der Waals surface area contributed by atoms with E-state index in [1.165, 1.54) is 25.3 Å². The van der Waals surface area contributed by atoms with Crippen LogP contribution in [0.15, 0.2) is 42.5 Å². The number of methoxy groups -OCH3 is 1. The maximum Gasteiger partial charge on any atom is 0.351 e. The van der Waals surface area contributed by atoms with E-state index >= 15 is 0 Å². The molecule has 2 atom stereocenters. The second-order valence-electron chi connectivity index (χ2n) is 6.33. The smallest absolute Gasteiger partial charge is 0.351 e. The van der Waals surface area contributed by atoms with E-state index in [-0.39, 0.29) is 23.6 Å². The molecule has 8 heteroatoms. The summed E-state index contributed by atoms with van der Waals surface area (Å²) in [5.41, 5.74) is 0.627. The van der Waals surface area contributed by atoms with Crippen LogP contribution in [-0.4, -0.2) is 41.1 Å². The Hall–Kier alpha value is -2.25. The standard InChI is InChI=1S/C19H17ClF3NO3/c1-27-13-7-5-11(6-8-13)10-24-15(17(25)19(22,23)18(24)26)9-12-3-2-4-14(20)16(12)21/h2-8,15,17,25H,9-10H2,1H3. The SMILES string of the molecule is COc1ccc(CN2C(=O)C(F)(F)C(O)C2Cc2cccc(Cl)c2F)cc1. The Labute approximate surface area is 159 Å². The number of hydrogen-bond acceptors (Lipinski definition) is 3. The summed E-state index contributed by atoms with van der Waals surface area (Å²) >= 11 is 5.74. The van der Waals surface area contributed by atoms with Crippen molar-refractivity contribution in [3.05, 3.63) is 64.4 Å². The number of benzene rings is 2. The fourth-order valence-corrected chi connectivity index (χ4v) is 3.34. The van der Waals surface area contributed by atoms with Gasteiger partial charge in [0.15, 0.2) is 0 Å². The Kier molecular flexibility index (Phi) is 5.35. The second kappa shape index (κ2) is 7.40. The van der Waals surface area contributed by atoms with Crippen molar-refractivity contribution >= 4 is 17.5 Å². The molecule has 4 nitrogen and oxygen atoms in total. The number of amides is 1. The van der Waals surface area contributed by atoms with Gasteiger partial charge in [-0.25, -0.2) is 4.39 Å². The number of carbonyl (C=O) groups is 1. The lowest BCUT2D eigenvalue weighted by molar-refractivity contribution is -0.155. The number of aliphatic hydroxyl groups is 1. The van der Waals surface area contributed by atoms with E-state index in [1.54, 1.807) is 24.3 Å². The molecule has 1 aliphatic rings. The lowest BCUT2D eigenvalue weighted by Gasteiger charge is -2.26. The van der Waals surface area contributed by atoms with Crippen LogP contribution in [0.2, 0.25) is 5.02 Å². The summed E-state index contributed by atoms with van der Waals surface area (Å²) in [7, 11) is 1.49. The molecule has 3 rings (SSSR count). The van der Waals surface area contributed by atoms with E-state index in [2.05, 4.69) is 0 Å². The van der Waals surface area contributed by atoms with Gasteiger partial charge in [0.1, 0.15) is 17.7 Å². The molecule has 1 fully saturated rings. The van der Waals surface area contributed by atoms with Crippen LogP contribution in [0.1, 0.15) is 11.1 Å². The van der Waals surface area contributed by atoms with Crippen molar-refractivity contribution in [2.75, 3.05) is 7.11 Å². The molecule has 1 N–H and O–H groups in total. The summed E-state index contributed by atoms with van der Waals surface area (Å²) < 4.78 is 47.5. The summed E-state index contributed by atoms with van der Waals surface area (Å²) in [6, 6.07) is 9.45. The zero-order valence-electron chi connectivity index (χ0n) is 14.3. The Bertz CT molecular complexity index is 845. The Balaban J connectivity index is 1.90. The number of rotatable bonds is 5. The van der Waals surface area contributed by atoms with Crippen molar-refractivity contribution in [3.8, 4) is 5.75 Å². The van der Waals surface area contributed by atoms with E-state index in [0.29, 0.717) is 11.3 Å². The van der Waals surface area contributed by atoms with Gasteiger partial charge in [-0.3, -0.25) is 4.79 Å². The summed E-state index contributed by atoms with van der Waals surface area (Å²) in [6.07, 6.45) is -2.54. The molecule has 0 radical (unpaired) electrons. The van der Waals surface area contributed by atoms with E-state index in [9.17, 15) is 23.1 Å². The number of alkyl halides is 2. The fraction of sp³-hybridized carbons (Fsp3) is 0.316.